The van der Waals surface area contributed by atoms with Crippen LogP contribution in [0.15, 0.2) is 12.4 Å². The van der Waals surface area contributed by atoms with Crippen molar-refractivity contribution in [2.45, 2.75) is 24.7 Å². The first kappa shape index (κ1) is 17.1. The molecule has 0 saturated carbocycles. The number of carbonyl (C=O) groups is 2. The van der Waals surface area contributed by atoms with E-state index >= 15 is 0 Å². The van der Waals surface area contributed by atoms with Crippen molar-refractivity contribution in [3.05, 3.63) is 12.4 Å². The maximum absolute atomic E-state index is 12.5. The molecule has 3 saturated heterocycles. The van der Waals surface area contributed by atoms with E-state index in [1.165, 1.54) is 0 Å². The smallest absolute Gasteiger partial charge is 0.336 e. The second kappa shape index (κ2) is 6.15. The molecule has 1 aromatic heterocycles. The predicted octanol–water partition coefficient (Wildman–Crippen LogP) is 0.433. The Kier molecular flexibility index (Phi) is 4.05. The summed E-state index contributed by atoms with van der Waals surface area (Å²) in [5.41, 5.74) is 0.715. The van der Waals surface area contributed by atoms with E-state index in [1.54, 1.807) is 22.0 Å². The number of nitrogens with one attached hydrogen (secondary N) is 1. The summed E-state index contributed by atoms with van der Waals surface area (Å²) in [4.78, 5) is 28.2. The molecule has 0 bridgehead atoms. The maximum atomic E-state index is 12.5. The average molecular weight is 372 g/mol. The number of rotatable bonds is 4. The van der Waals surface area contributed by atoms with Crippen LogP contribution in [0, 0.1) is 0 Å². The minimum Gasteiger partial charge on any atom is -0.336 e. The van der Waals surface area contributed by atoms with E-state index in [4.69, 9.17) is 0 Å². The van der Waals surface area contributed by atoms with Crippen LogP contribution in [0.4, 0.5) is 23.7 Å². The summed E-state index contributed by atoms with van der Waals surface area (Å²) in [5.74, 6) is -0.448. The van der Waals surface area contributed by atoms with Crippen LogP contribution in [0.5, 0.6) is 0 Å². The van der Waals surface area contributed by atoms with Crippen molar-refractivity contribution < 1.29 is 22.8 Å². The van der Waals surface area contributed by atoms with Crippen molar-refractivity contribution in [3.8, 4) is 0 Å². The fraction of sp³-hybridized carbons (Fsp3) is 0.667. The predicted molar refractivity (Wildman–Crippen MR) is 84.6 cm³/mol. The van der Waals surface area contributed by atoms with Gasteiger partial charge in [-0.15, -0.1) is 0 Å². The summed E-state index contributed by atoms with van der Waals surface area (Å²) < 4.78 is 39.2. The van der Waals surface area contributed by atoms with E-state index in [0.29, 0.717) is 38.3 Å². The Hall–Kier alpha value is -2.30. The largest absolute Gasteiger partial charge is 0.406 e. The standard InChI is InChI=1S/C15H19F3N6O2/c16-15(17,18)9-21-3-1-12(13(21)25)22-6-11(7-22)24-8-10(5-20-24)23-4-2-19-14(23)26/h5,8,11-12H,1-4,6-7,9H2,(H,19,26). The Morgan fingerprint density at radius 3 is 2.65 bits per heavy atom. The van der Waals surface area contributed by atoms with Crippen molar-refractivity contribution >= 4 is 17.6 Å². The molecule has 26 heavy (non-hydrogen) atoms. The van der Waals surface area contributed by atoms with Gasteiger partial charge in [-0.1, -0.05) is 0 Å². The molecule has 0 aliphatic carbocycles. The molecule has 0 aromatic carbocycles. The van der Waals surface area contributed by atoms with Crippen LogP contribution in [0.1, 0.15) is 12.5 Å². The molecule has 4 heterocycles. The number of hydrogen-bond acceptors (Lipinski definition) is 4. The highest BCUT2D eigenvalue weighted by Crippen LogP contribution is 2.30. The maximum Gasteiger partial charge on any atom is 0.406 e. The topological polar surface area (TPSA) is 73.7 Å². The van der Waals surface area contributed by atoms with Crippen LogP contribution in [0.25, 0.3) is 0 Å². The number of urea groups is 1. The summed E-state index contributed by atoms with van der Waals surface area (Å²) >= 11 is 0. The van der Waals surface area contributed by atoms with Crippen molar-refractivity contribution in [1.82, 2.24) is 24.9 Å². The molecule has 11 heteroatoms. The minimum absolute atomic E-state index is 0.0545. The number of halogens is 3. The first-order valence-corrected chi connectivity index (χ1v) is 8.51. The number of hydrogen-bond donors (Lipinski definition) is 1. The van der Waals surface area contributed by atoms with Gasteiger partial charge in [-0.3, -0.25) is 19.3 Å². The normalized spacial score (nSPS) is 25.1. The SMILES string of the molecule is O=C1C(N2CC(n3cc(N4CCNC4=O)cn3)C2)CCN1CC(F)(F)F. The molecule has 3 aliphatic heterocycles. The first-order valence-electron chi connectivity index (χ1n) is 8.51. The van der Waals surface area contributed by atoms with Crippen LogP contribution >= 0.6 is 0 Å². The van der Waals surface area contributed by atoms with Gasteiger partial charge in [-0.25, -0.2) is 4.79 Å². The number of nitrogens with zero attached hydrogens (tertiary/aromatic N) is 5. The van der Waals surface area contributed by atoms with E-state index in [0.717, 1.165) is 4.90 Å². The lowest BCUT2D eigenvalue weighted by Gasteiger charge is -2.42. The van der Waals surface area contributed by atoms with Crippen molar-refractivity contribution in [3.63, 3.8) is 0 Å². The van der Waals surface area contributed by atoms with Gasteiger partial charge in [-0.05, 0) is 6.42 Å². The van der Waals surface area contributed by atoms with Gasteiger partial charge in [0.25, 0.3) is 0 Å². The van der Waals surface area contributed by atoms with Crippen LogP contribution in [0.3, 0.4) is 0 Å². The summed E-state index contributed by atoms with van der Waals surface area (Å²) in [6, 6.07) is -0.576. The Morgan fingerprint density at radius 2 is 2.00 bits per heavy atom. The first-order chi connectivity index (χ1) is 12.3. The number of anilines is 1. The van der Waals surface area contributed by atoms with Gasteiger partial charge in [0.2, 0.25) is 5.91 Å². The van der Waals surface area contributed by atoms with Crippen LogP contribution < -0.4 is 10.2 Å². The fourth-order valence-electron chi connectivity index (χ4n) is 3.73. The molecule has 4 rings (SSSR count). The van der Waals surface area contributed by atoms with Gasteiger partial charge in [-0.2, -0.15) is 18.3 Å². The zero-order valence-electron chi connectivity index (χ0n) is 13.9. The molecular formula is C15H19F3N6O2. The molecule has 3 aliphatic rings. The minimum atomic E-state index is -4.37. The number of aromatic nitrogens is 2. The summed E-state index contributed by atoms with van der Waals surface area (Å²) in [7, 11) is 0. The molecule has 142 valence electrons. The van der Waals surface area contributed by atoms with Crippen LogP contribution in [-0.2, 0) is 4.79 Å². The molecule has 3 amide bonds. The van der Waals surface area contributed by atoms with E-state index in [-0.39, 0.29) is 18.6 Å². The summed E-state index contributed by atoms with van der Waals surface area (Å²) in [5, 5.41) is 7.01. The number of carbonyl (C=O) groups excluding carboxylic acids is 2. The van der Waals surface area contributed by atoms with E-state index in [2.05, 4.69) is 10.4 Å². The van der Waals surface area contributed by atoms with Gasteiger partial charge in [0, 0.05) is 38.9 Å². The quantitative estimate of drug-likeness (QED) is 0.832. The van der Waals surface area contributed by atoms with Gasteiger partial charge < -0.3 is 10.2 Å². The summed E-state index contributed by atoms with van der Waals surface area (Å²) in [6.45, 7) is 1.26. The number of alkyl halides is 3. The molecule has 1 aromatic rings. The Bertz CT molecular complexity index is 714. The lowest BCUT2D eigenvalue weighted by Crippen LogP contribution is -2.55. The Morgan fingerprint density at radius 1 is 1.23 bits per heavy atom. The van der Waals surface area contributed by atoms with Crippen molar-refractivity contribution in [2.75, 3.05) is 44.2 Å². The van der Waals surface area contributed by atoms with Crippen molar-refractivity contribution in [2.24, 2.45) is 0 Å². The molecule has 0 radical (unpaired) electrons. The van der Waals surface area contributed by atoms with Gasteiger partial charge in [0.1, 0.15) is 6.54 Å². The lowest BCUT2D eigenvalue weighted by molar-refractivity contribution is -0.159. The Balaban J connectivity index is 1.33. The van der Waals surface area contributed by atoms with Crippen molar-refractivity contribution in [1.29, 1.82) is 0 Å². The van der Waals surface area contributed by atoms with Gasteiger partial charge >= 0.3 is 12.2 Å². The second-order valence-electron chi connectivity index (χ2n) is 6.85. The third-order valence-electron chi connectivity index (χ3n) is 5.10. The molecule has 0 spiro atoms. The average Bonchev–Trinajstić information content (AvgIpc) is 3.21. The van der Waals surface area contributed by atoms with E-state index in [1.807, 2.05) is 4.90 Å². The third-order valence-corrected chi connectivity index (χ3v) is 5.10. The fourth-order valence-corrected chi connectivity index (χ4v) is 3.73. The summed E-state index contributed by atoms with van der Waals surface area (Å²) in [6.07, 6.45) is -0.534. The lowest BCUT2D eigenvalue weighted by atomic mass is 10.0. The van der Waals surface area contributed by atoms with E-state index in [9.17, 15) is 22.8 Å². The highest BCUT2D eigenvalue weighted by atomic mass is 19.4. The molecule has 8 nitrogen and oxygen atoms in total. The molecule has 1 unspecified atom stereocenters. The van der Waals surface area contributed by atoms with Crippen LogP contribution in [0.2, 0.25) is 0 Å². The highest BCUT2D eigenvalue weighted by molar-refractivity contribution is 5.93. The van der Waals surface area contributed by atoms with E-state index < -0.39 is 24.7 Å². The third kappa shape index (κ3) is 3.11. The zero-order valence-corrected chi connectivity index (χ0v) is 13.9. The Labute approximate surface area is 147 Å². The number of likely N-dealkylation sites (tertiary alicyclic amines) is 2. The monoisotopic (exact) mass is 372 g/mol. The van der Waals surface area contributed by atoms with Gasteiger partial charge in [0.15, 0.2) is 0 Å². The van der Waals surface area contributed by atoms with Crippen LogP contribution in [-0.4, -0.2) is 83.0 Å². The molecular weight excluding hydrogens is 353 g/mol. The zero-order chi connectivity index (χ0) is 18.5. The highest BCUT2D eigenvalue weighted by Gasteiger charge is 2.45. The number of amides is 3. The molecule has 3 fully saturated rings. The second-order valence-corrected chi connectivity index (χ2v) is 6.85. The molecule has 1 N–H and O–H groups in total. The molecule has 1 atom stereocenters. The van der Waals surface area contributed by atoms with Gasteiger partial charge in [0.05, 0.1) is 24.0 Å².